The summed E-state index contributed by atoms with van der Waals surface area (Å²) in [5.41, 5.74) is -1.13. The summed E-state index contributed by atoms with van der Waals surface area (Å²) in [7, 11) is 0. The third-order valence-electron chi connectivity index (χ3n) is 4.15. The fraction of sp³-hybridized carbons (Fsp3) is 0.474. The van der Waals surface area contributed by atoms with Crippen LogP contribution in [-0.4, -0.2) is 11.2 Å². The van der Waals surface area contributed by atoms with E-state index in [1.807, 2.05) is 0 Å². The van der Waals surface area contributed by atoms with E-state index in [4.69, 9.17) is 0 Å². The standard InChI is InChI=1S/C19H21F6N3/c1-2-3-4-5-6-7-11-26-28-15-12-16(19(23,24)25)27-17-13(15)9-8-10-14(17)18(20,21)22/h8-12H,2-7H2,1H3,(H,27,28)/b26-11+. The first kappa shape index (κ1) is 22.0. The van der Waals surface area contributed by atoms with E-state index in [1.54, 1.807) is 0 Å². The predicted octanol–water partition coefficient (Wildman–Crippen LogP) is 7.03. The number of nitrogens with one attached hydrogen (secondary N) is 1. The molecule has 0 saturated carbocycles. The van der Waals surface area contributed by atoms with Crippen molar-refractivity contribution in [3.05, 3.63) is 35.5 Å². The Morgan fingerprint density at radius 1 is 1.00 bits per heavy atom. The van der Waals surface area contributed by atoms with Gasteiger partial charge in [-0.3, -0.25) is 5.43 Å². The number of fused-ring (bicyclic) bond motifs is 1. The maximum absolute atomic E-state index is 13.2. The molecule has 0 fully saturated rings. The van der Waals surface area contributed by atoms with E-state index in [0.29, 0.717) is 18.6 Å². The molecule has 1 aromatic carbocycles. The minimum Gasteiger partial charge on any atom is -0.278 e. The van der Waals surface area contributed by atoms with E-state index in [2.05, 4.69) is 22.4 Å². The lowest BCUT2D eigenvalue weighted by molar-refractivity contribution is -0.142. The largest absolute Gasteiger partial charge is 0.433 e. The van der Waals surface area contributed by atoms with Crippen molar-refractivity contribution >= 4 is 22.8 Å². The molecule has 0 aliphatic heterocycles. The quantitative estimate of drug-likeness (QED) is 0.222. The minimum absolute atomic E-state index is 0.0806. The second-order valence-electron chi connectivity index (χ2n) is 6.38. The topological polar surface area (TPSA) is 37.3 Å². The van der Waals surface area contributed by atoms with E-state index >= 15 is 0 Å². The fourth-order valence-electron chi connectivity index (χ4n) is 2.73. The Hall–Kier alpha value is -2.32. The Kier molecular flexibility index (Phi) is 7.26. The molecule has 0 bridgehead atoms. The first-order chi connectivity index (χ1) is 13.1. The van der Waals surface area contributed by atoms with Crippen LogP contribution in [0.15, 0.2) is 29.4 Å². The van der Waals surface area contributed by atoms with Gasteiger partial charge in [0.05, 0.1) is 16.8 Å². The van der Waals surface area contributed by atoms with Gasteiger partial charge >= 0.3 is 12.4 Å². The van der Waals surface area contributed by atoms with Crippen LogP contribution in [0.25, 0.3) is 10.9 Å². The summed E-state index contributed by atoms with van der Waals surface area (Å²) in [5.74, 6) is 0. The Bertz CT molecular complexity index is 812. The number of alkyl halides is 6. The number of aromatic nitrogens is 1. The highest BCUT2D eigenvalue weighted by Gasteiger charge is 2.37. The van der Waals surface area contributed by atoms with Crippen molar-refractivity contribution in [1.82, 2.24) is 4.98 Å². The van der Waals surface area contributed by atoms with Gasteiger partial charge in [0.2, 0.25) is 0 Å². The molecule has 0 saturated heterocycles. The molecular formula is C19H21F6N3. The summed E-state index contributed by atoms with van der Waals surface area (Å²) in [6, 6.07) is 3.78. The zero-order valence-electron chi connectivity index (χ0n) is 15.3. The zero-order chi connectivity index (χ0) is 20.8. The molecule has 9 heteroatoms. The summed E-state index contributed by atoms with van der Waals surface area (Å²) in [5, 5.41) is 3.79. The fourth-order valence-corrected chi connectivity index (χ4v) is 2.73. The molecule has 0 aliphatic rings. The zero-order valence-corrected chi connectivity index (χ0v) is 15.3. The van der Waals surface area contributed by atoms with E-state index < -0.39 is 29.1 Å². The summed E-state index contributed by atoms with van der Waals surface area (Å²) in [4.78, 5) is 3.22. The van der Waals surface area contributed by atoms with Gasteiger partial charge in [-0.1, -0.05) is 44.7 Å². The number of nitrogens with zero attached hydrogens (tertiary/aromatic N) is 2. The number of benzene rings is 1. The monoisotopic (exact) mass is 405 g/mol. The number of pyridine rings is 1. The van der Waals surface area contributed by atoms with E-state index in [1.165, 1.54) is 12.3 Å². The highest BCUT2D eigenvalue weighted by Crippen LogP contribution is 2.39. The number of hydrogen-bond acceptors (Lipinski definition) is 3. The second kappa shape index (κ2) is 9.25. The Labute approximate surface area is 158 Å². The summed E-state index contributed by atoms with van der Waals surface area (Å²) in [6.45, 7) is 2.10. The Morgan fingerprint density at radius 3 is 2.36 bits per heavy atom. The van der Waals surface area contributed by atoms with Gasteiger partial charge in [0.15, 0.2) is 0 Å². The second-order valence-corrected chi connectivity index (χ2v) is 6.38. The number of unbranched alkanes of at least 4 members (excludes halogenated alkanes) is 5. The van der Waals surface area contributed by atoms with Crippen molar-refractivity contribution in [2.24, 2.45) is 5.10 Å². The number of hydrogen-bond donors (Lipinski definition) is 1. The first-order valence-electron chi connectivity index (χ1n) is 9.00. The molecule has 1 aromatic heterocycles. The molecule has 154 valence electrons. The molecule has 3 nitrogen and oxygen atoms in total. The molecule has 0 aliphatic carbocycles. The van der Waals surface area contributed by atoms with Gasteiger partial charge in [-0.05, 0) is 25.0 Å². The molecule has 1 heterocycles. The Morgan fingerprint density at radius 2 is 1.71 bits per heavy atom. The van der Waals surface area contributed by atoms with Crippen LogP contribution < -0.4 is 5.43 Å². The molecule has 0 radical (unpaired) electrons. The van der Waals surface area contributed by atoms with Crippen LogP contribution in [0, 0.1) is 0 Å². The maximum Gasteiger partial charge on any atom is 0.433 e. The van der Waals surface area contributed by atoms with Crippen LogP contribution in [0.2, 0.25) is 0 Å². The van der Waals surface area contributed by atoms with Crippen molar-refractivity contribution in [3.63, 3.8) is 0 Å². The van der Waals surface area contributed by atoms with Crippen molar-refractivity contribution in [2.75, 3.05) is 5.43 Å². The number of anilines is 1. The van der Waals surface area contributed by atoms with Gasteiger partial charge < -0.3 is 0 Å². The Balaban J connectivity index is 2.29. The predicted molar refractivity (Wildman–Crippen MR) is 97.2 cm³/mol. The van der Waals surface area contributed by atoms with Gasteiger partial charge in [-0.15, -0.1) is 0 Å². The lowest BCUT2D eigenvalue weighted by Crippen LogP contribution is -2.12. The molecule has 0 amide bonds. The normalized spacial score (nSPS) is 12.8. The van der Waals surface area contributed by atoms with Crippen LogP contribution in [0.5, 0.6) is 0 Å². The van der Waals surface area contributed by atoms with E-state index in [0.717, 1.165) is 38.2 Å². The van der Waals surface area contributed by atoms with Crippen molar-refractivity contribution in [1.29, 1.82) is 0 Å². The third-order valence-corrected chi connectivity index (χ3v) is 4.15. The number of rotatable bonds is 8. The van der Waals surface area contributed by atoms with Crippen LogP contribution in [0.1, 0.15) is 56.7 Å². The molecule has 2 rings (SSSR count). The van der Waals surface area contributed by atoms with Gasteiger partial charge in [-0.2, -0.15) is 31.4 Å². The molecular weight excluding hydrogens is 384 g/mol. The SMILES string of the molecule is CCCCCCC/C=N/Nc1cc(C(F)(F)F)nc2c(C(F)(F)F)cccc12. The lowest BCUT2D eigenvalue weighted by Gasteiger charge is -2.15. The smallest absolute Gasteiger partial charge is 0.278 e. The summed E-state index contributed by atoms with van der Waals surface area (Å²) in [6.07, 6.45) is -2.31. The van der Waals surface area contributed by atoms with Gasteiger partial charge in [0.1, 0.15) is 5.69 Å². The molecule has 0 atom stereocenters. The number of para-hydroxylation sites is 1. The van der Waals surface area contributed by atoms with Crippen molar-refractivity contribution < 1.29 is 26.3 Å². The van der Waals surface area contributed by atoms with Crippen LogP contribution in [0.4, 0.5) is 32.0 Å². The molecule has 1 N–H and O–H groups in total. The molecule has 28 heavy (non-hydrogen) atoms. The minimum atomic E-state index is -4.88. The number of halogens is 6. The average molecular weight is 405 g/mol. The summed E-state index contributed by atoms with van der Waals surface area (Å²) < 4.78 is 78.9. The first-order valence-corrected chi connectivity index (χ1v) is 9.00. The van der Waals surface area contributed by atoms with Crippen molar-refractivity contribution in [2.45, 2.75) is 57.8 Å². The maximum atomic E-state index is 13.2. The van der Waals surface area contributed by atoms with Gasteiger partial charge in [0, 0.05) is 11.6 Å². The lowest BCUT2D eigenvalue weighted by atomic mass is 10.1. The third kappa shape index (κ3) is 5.84. The highest BCUT2D eigenvalue weighted by molar-refractivity contribution is 5.94. The number of hydrazone groups is 1. The highest BCUT2D eigenvalue weighted by atomic mass is 19.4. The van der Waals surface area contributed by atoms with Crippen LogP contribution >= 0.6 is 0 Å². The average Bonchev–Trinajstić information content (AvgIpc) is 2.61. The van der Waals surface area contributed by atoms with E-state index in [9.17, 15) is 26.3 Å². The molecule has 2 aromatic rings. The molecule has 0 unspecified atom stereocenters. The van der Waals surface area contributed by atoms with Gasteiger partial charge in [0.25, 0.3) is 0 Å². The van der Waals surface area contributed by atoms with Crippen LogP contribution in [0.3, 0.4) is 0 Å². The van der Waals surface area contributed by atoms with Crippen LogP contribution in [-0.2, 0) is 12.4 Å². The van der Waals surface area contributed by atoms with Crippen molar-refractivity contribution in [3.8, 4) is 0 Å². The molecule has 0 spiro atoms. The van der Waals surface area contributed by atoms with Gasteiger partial charge in [-0.25, -0.2) is 4.98 Å². The summed E-state index contributed by atoms with van der Waals surface area (Å²) >= 11 is 0. The van der Waals surface area contributed by atoms with E-state index in [-0.39, 0.29) is 11.1 Å².